The molecule has 1 aliphatic rings. The van der Waals surface area contributed by atoms with Crippen molar-refractivity contribution in [2.75, 3.05) is 32.9 Å². The first-order valence-electron chi connectivity index (χ1n) is 8.01. The summed E-state index contributed by atoms with van der Waals surface area (Å²) in [4.78, 5) is 24.7. The summed E-state index contributed by atoms with van der Waals surface area (Å²) in [5.74, 6) is -1.07. The van der Waals surface area contributed by atoms with Crippen LogP contribution in [0.25, 0.3) is 0 Å². The molecule has 144 valence electrons. The van der Waals surface area contributed by atoms with E-state index in [4.69, 9.17) is 9.47 Å². The van der Waals surface area contributed by atoms with E-state index in [1.165, 1.54) is 39.9 Å². The Morgan fingerprint density at radius 1 is 1.19 bits per heavy atom. The van der Waals surface area contributed by atoms with Gasteiger partial charge < -0.3 is 9.47 Å². The van der Waals surface area contributed by atoms with Crippen LogP contribution < -0.4 is 0 Å². The lowest BCUT2D eigenvalue weighted by Gasteiger charge is -2.26. The second-order valence-electron chi connectivity index (χ2n) is 5.65. The fourth-order valence-corrected chi connectivity index (χ4v) is 5.23. The highest BCUT2D eigenvalue weighted by Gasteiger charge is 2.27. The number of carbonyl (C=O) groups excluding carboxylic acids is 2. The number of halogens is 1. The number of ketones is 1. The van der Waals surface area contributed by atoms with Gasteiger partial charge in [0, 0.05) is 13.1 Å². The number of ether oxygens (including phenoxy) is 2. The Hall–Kier alpha value is -1.59. The van der Waals surface area contributed by atoms with Crippen LogP contribution in [0.5, 0.6) is 0 Å². The number of hydrogen-bond acceptors (Lipinski definition) is 7. The molecule has 0 bridgehead atoms. The highest BCUT2D eigenvalue weighted by atomic mass is 79.9. The number of sulfonamides is 1. The number of rotatable bonds is 6. The third kappa shape index (κ3) is 4.82. The summed E-state index contributed by atoms with van der Waals surface area (Å²) in [5, 5.41) is 0. The first-order chi connectivity index (χ1) is 12.9. The van der Waals surface area contributed by atoms with Gasteiger partial charge in [-0.1, -0.05) is 6.07 Å². The molecule has 3 rings (SSSR count). The number of esters is 1. The van der Waals surface area contributed by atoms with Crippen LogP contribution in [-0.4, -0.2) is 57.4 Å². The molecule has 10 heteroatoms. The van der Waals surface area contributed by atoms with Crippen molar-refractivity contribution in [3.05, 3.63) is 50.6 Å². The molecule has 7 nitrogen and oxygen atoms in total. The normalized spacial score (nSPS) is 15.4. The van der Waals surface area contributed by atoms with Crippen molar-refractivity contribution >= 4 is 49.0 Å². The average Bonchev–Trinajstić information content (AvgIpc) is 3.13. The number of thiophene rings is 1. The average molecular weight is 474 g/mol. The Balaban J connectivity index is 1.69. The van der Waals surface area contributed by atoms with Gasteiger partial charge in [-0.15, -0.1) is 11.3 Å². The molecule has 2 heterocycles. The zero-order chi connectivity index (χ0) is 19.4. The lowest BCUT2D eigenvalue weighted by molar-refractivity contribution is 0.0475. The Kier molecular flexibility index (Phi) is 6.43. The number of benzene rings is 1. The minimum atomic E-state index is -3.71. The van der Waals surface area contributed by atoms with Crippen LogP contribution in [0.2, 0.25) is 0 Å². The minimum absolute atomic E-state index is 0.00682. The predicted octanol–water partition coefficient (Wildman–Crippen LogP) is 2.57. The first-order valence-corrected chi connectivity index (χ1v) is 11.1. The molecule has 0 spiro atoms. The van der Waals surface area contributed by atoms with Crippen LogP contribution >= 0.6 is 27.3 Å². The molecule has 1 fully saturated rings. The SMILES string of the molecule is O=C(OCC(=O)c1ccc(Br)s1)c1cccc(S(=O)(=O)N2CCOCC2)c1. The molecule has 1 aromatic heterocycles. The van der Waals surface area contributed by atoms with Crippen LogP contribution in [0.3, 0.4) is 0 Å². The van der Waals surface area contributed by atoms with Crippen molar-refractivity contribution in [3.63, 3.8) is 0 Å². The first kappa shape index (κ1) is 20.2. The number of carbonyl (C=O) groups is 2. The van der Waals surface area contributed by atoms with Gasteiger partial charge in [-0.05, 0) is 46.3 Å². The van der Waals surface area contributed by atoms with E-state index in [-0.39, 0.29) is 29.3 Å². The topological polar surface area (TPSA) is 90.0 Å². The highest BCUT2D eigenvalue weighted by molar-refractivity contribution is 9.11. The van der Waals surface area contributed by atoms with Crippen LogP contribution in [0.1, 0.15) is 20.0 Å². The lowest BCUT2D eigenvalue weighted by atomic mass is 10.2. The van der Waals surface area contributed by atoms with Gasteiger partial charge in [0.25, 0.3) is 0 Å². The predicted molar refractivity (Wildman–Crippen MR) is 103 cm³/mol. The number of morpholine rings is 1. The van der Waals surface area contributed by atoms with Gasteiger partial charge in [0.05, 0.1) is 32.3 Å². The molecule has 1 aromatic carbocycles. The molecule has 27 heavy (non-hydrogen) atoms. The molecule has 0 saturated carbocycles. The van der Waals surface area contributed by atoms with E-state index in [9.17, 15) is 18.0 Å². The van der Waals surface area contributed by atoms with Gasteiger partial charge in [0.1, 0.15) is 0 Å². The van der Waals surface area contributed by atoms with Gasteiger partial charge in [0.2, 0.25) is 15.8 Å². The van der Waals surface area contributed by atoms with Crippen molar-refractivity contribution in [2.45, 2.75) is 4.90 Å². The van der Waals surface area contributed by atoms with E-state index in [0.29, 0.717) is 18.1 Å². The molecule has 0 radical (unpaired) electrons. The number of nitrogens with zero attached hydrogens (tertiary/aromatic N) is 1. The molecule has 0 N–H and O–H groups in total. The van der Waals surface area contributed by atoms with Crippen molar-refractivity contribution in [2.24, 2.45) is 0 Å². The van der Waals surface area contributed by atoms with E-state index in [1.807, 2.05) is 0 Å². The molecule has 0 unspecified atom stereocenters. The van der Waals surface area contributed by atoms with Crippen LogP contribution in [0.4, 0.5) is 0 Å². The molecule has 1 saturated heterocycles. The molecule has 0 atom stereocenters. The summed E-state index contributed by atoms with van der Waals surface area (Å²) in [6.45, 7) is 0.791. The summed E-state index contributed by atoms with van der Waals surface area (Å²) in [7, 11) is -3.71. The molecule has 0 amide bonds. The van der Waals surface area contributed by atoms with E-state index in [2.05, 4.69) is 15.9 Å². The van der Waals surface area contributed by atoms with Crippen molar-refractivity contribution < 1.29 is 27.5 Å². The van der Waals surface area contributed by atoms with Crippen LogP contribution in [0, 0.1) is 0 Å². The molecular weight excluding hydrogens is 458 g/mol. The molecule has 0 aliphatic carbocycles. The zero-order valence-corrected chi connectivity index (χ0v) is 17.3. The van der Waals surface area contributed by atoms with E-state index in [0.717, 1.165) is 3.79 Å². The minimum Gasteiger partial charge on any atom is -0.454 e. The zero-order valence-electron chi connectivity index (χ0n) is 14.1. The van der Waals surface area contributed by atoms with Crippen molar-refractivity contribution in [1.29, 1.82) is 0 Å². The smallest absolute Gasteiger partial charge is 0.338 e. The number of hydrogen-bond donors (Lipinski definition) is 0. The van der Waals surface area contributed by atoms with E-state index >= 15 is 0 Å². The quantitative estimate of drug-likeness (QED) is 0.472. The molecule has 2 aromatic rings. The fraction of sp³-hybridized carbons (Fsp3) is 0.294. The van der Waals surface area contributed by atoms with Crippen molar-refractivity contribution in [1.82, 2.24) is 4.31 Å². The van der Waals surface area contributed by atoms with Crippen LogP contribution in [0.15, 0.2) is 45.1 Å². The highest BCUT2D eigenvalue weighted by Crippen LogP contribution is 2.23. The monoisotopic (exact) mass is 473 g/mol. The van der Waals surface area contributed by atoms with Gasteiger partial charge >= 0.3 is 5.97 Å². The summed E-state index contributed by atoms with van der Waals surface area (Å²) in [6, 6.07) is 8.99. The fourth-order valence-electron chi connectivity index (χ4n) is 2.47. The largest absolute Gasteiger partial charge is 0.454 e. The number of Topliss-reactive ketones (excluding diaryl/α,β-unsaturated/α-hetero) is 1. The summed E-state index contributed by atoms with van der Waals surface area (Å²) in [5.41, 5.74) is 0.0736. The Bertz CT molecular complexity index is 950. The van der Waals surface area contributed by atoms with Crippen molar-refractivity contribution in [3.8, 4) is 0 Å². The van der Waals surface area contributed by atoms with Gasteiger partial charge in [-0.3, -0.25) is 4.79 Å². The Morgan fingerprint density at radius 2 is 1.93 bits per heavy atom. The van der Waals surface area contributed by atoms with Gasteiger partial charge in [-0.2, -0.15) is 4.31 Å². The molecule has 1 aliphatic heterocycles. The second-order valence-corrected chi connectivity index (χ2v) is 10.0. The Labute approximate surface area is 169 Å². The van der Waals surface area contributed by atoms with Crippen LogP contribution in [-0.2, 0) is 19.5 Å². The Morgan fingerprint density at radius 3 is 2.59 bits per heavy atom. The standard InChI is InChI=1S/C17H16BrNO6S2/c18-16-5-4-15(26-16)14(20)11-25-17(21)12-2-1-3-13(10-12)27(22,23)19-6-8-24-9-7-19/h1-5,10H,6-9,11H2. The summed E-state index contributed by atoms with van der Waals surface area (Å²) < 4.78 is 37.7. The van der Waals surface area contributed by atoms with E-state index in [1.54, 1.807) is 12.1 Å². The maximum absolute atomic E-state index is 12.7. The lowest BCUT2D eigenvalue weighted by Crippen LogP contribution is -2.40. The maximum Gasteiger partial charge on any atom is 0.338 e. The second kappa shape index (κ2) is 8.61. The third-order valence-electron chi connectivity index (χ3n) is 3.86. The summed E-state index contributed by atoms with van der Waals surface area (Å²) >= 11 is 4.51. The summed E-state index contributed by atoms with van der Waals surface area (Å²) in [6.07, 6.45) is 0. The maximum atomic E-state index is 12.7. The third-order valence-corrected chi connectivity index (χ3v) is 7.42. The van der Waals surface area contributed by atoms with Gasteiger partial charge in [0.15, 0.2) is 6.61 Å². The van der Waals surface area contributed by atoms with Gasteiger partial charge in [-0.25, -0.2) is 13.2 Å². The van der Waals surface area contributed by atoms with E-state index < -0.39 is 22.6 Å². The molecular formula is C17H16BrNO6S2.